The molecular formula is C17H17N5O3. The number of hydrogen-bond donors (Lipinski definition) is 1. The van der Waals surface area contributed by atoms with Gasteiger partial charge >= 0.3 is 0 Å². The first-order valence-corrected chi connectivity index (χ1v) is 8.01. The lowest BCUT2D eigenvalue weighted by molar-refractivity contribution is 0.182. The Morgan fingerprint density at radius 2 is 2.04 bits per heavy atom. The van der Waals surface area contributed by atoms with E-state index >= 15 is 0 Å². The number of ether oxygens (including phenoxy) is 1. The first kappa shape index (κ1) is 15.5. The van der Waals surface area contributed by atoms with Gasteiger partial charge in [0.05, 0.1) is 24.9 Å². The van der Waals surface area contributed by atoms with Gasteiger partial charge in [-0.25, -0.2) is 9.67 Å². The summed E-state index contributed by atoms with van der Waals surface area (Å²) in [6, 6.07) is 9.52. The van der Waals surface area contributed by atoms with Gasteiger partial charge in [-0.2, -0.15) is 5.10 Å². The molecule has 8 heteroatoms. The summed E-state index contributed by atoms with van der Waals surface area (Å²) >= 11 is 0. The summed E-state index contributed by atoms with van der Waals surface area (Å²) in [6.45, 7) is 2.61. The Kier molecular flexibility index (Phi) is 3.81. The van der Waals surface area contributed by atoms with Crippen LogP contribution in [0.1, 0.15) is 11.7 Å². The number of rotatable bonds is 3. The van der Waals surface area contributed by atoms with Crippen LogP contribution in [0.3, 0.4) is 0 Å². The summed E-state index contributed by atoms with van der Waals surface area (Å²) in [5.74, 6) is 0.456. The minimum absolute atomic E-state index is 0.172. The van der Waals surface area contributed by atoms with Gasteiger partial charge in [0, 0.05) is 18.3 Å². The quantitative estimate of drug-likeness (QED) is 0.752. The van der Waals surface area contributed by atoms with E-state index in [0.29, 0.717) is 24.7 Å². The van der Waals surface area contributed by atoms with Crippen LogP contribution in [-0.2, 0) is 4.74 Å². The maximum Gasteiger partial charge on any atom is 0.267 e. The highest BCUT2D eigenvalue weighted by atomic mass is 16.5. The molecule has 0 spiro atoms. The highest BCUT2D eigenvalue weighted by Crippen LogP contribution is 2.20. The number of nitrogens with zero attached hydrogens (tertiary/aromatic N) is 4. The van der Waals surface area contributed by atoms with Crippen LogP contribution in [-0.4, -0.2) is 38.4 Å². The van der Waals surface area contributed by atoms with Crippen molar-refractivity contribution in [2.75, 3.05) is 18.5 Å². The van der Waals surface area contributed by atoms with Crippen molar-refractivity contribution in [3.63, 3.8) is 0 Å². The molecular weight excluding hydrogens is 322 g/mol. The molecule has 3 aromatic rings. The molecule has 0 aliphatic carbocycles. The lowest BCUT2D eigenvalue weighted by Crippen LogP contribution is -2.37. The fraction of sp³-hybridized carbons (Fsp3) is 0.294. The third-order valence-electron chi connectivity index (χ3n) is 4.23. The Hall–Kier alpha value is -3.00. The van der Waals surface area contributed by atoms with Gasteiger partial charge in [-0.15, -0.1) is 0 Å². The predicted octanol–water partition coefficient (Wildman–Crippen LogP) is 0.612. The van der Waals surface area contributed by atoms with Crippen molar-refractivity contribution in [1.82, 2.24) is 19.2 Å². The molecule has 128 valence electrons. The molecule has 25 heavy (non-hydrogen) atoms. The second-order valence-corrected chi connectivity index (χ2v) is 6.02. The molecule has 1 saturated heterocycles. The maximum absolute atomic E-state index is 12.2. The van der Waals surface area contributed by atoms with Crippen molar-refractivity contribution >= 4 is 11.5 Å². The van der Waals surface area contributed by atoms with Gasteiger partial charge in [-0.1, -0.05) is 6.07 Å². The fourth-order valence-electron chi connectivity index (χ4n) is 3.00. The van der Waals surface area contributed by atoms with E-state index < -0.39 is 0 Å². The zero-order valence-electron chi connectivity index (χ0n) is 13.6. The van der Waals surface area contributed by atoms with Crippen molar-refractivity contribution in [3.8, 4) is 0 Å². The van der Waals surface area contributed by atoms with Gasteiger partial charge in [0.2, 0.25) is 0 Å². The Bertz CT molecular complexity index is 1040. The number of nitrogens with one attached hydrogen (secondary N) is 1. The molecule has 4 heterocycles. The van der Waals surface area contributed by atoms with E-state index in [0.717, 1.165) is 5.69 Å². The van der Waals surface area contributed by atoms with E-state index in [1.165, 1.54) is 21.2 Å². The Balaban J connectivity index is 1.67. The Morgan fingerprint density at radius 1 is 1.16 bits per heavy atom. The van der Waals surface area contributed by atoms with Crippen LogP contribution >= 0.6 is 0 Å². The van der Waals surface area contributed by atoms with E-state index in [1.807, 2.05) is 13.0 Å². The number of hydrogen-bond acceptors (Lipinski definition) is 6. The van der Waals surface area contributed by atoms with Gasteiger partial charge in [-0.3, -0.25) is 14.0 Å². The number of aryl methyl sites for hydroxylation is 1. The van der Waals surface area contributed by atoms with E-state index in [4.69, 9.17) is 4.74 Å². The minimum Gasteiger partial charge on any atom is -0.377 e. The number of fused-ring (bicyclic) bond motifs is 1. The van der Waals surface area contributed by atoms with E-state index in [-0.39, 0.29) is 23.2 Å². The monoisotopic (exact) mass is 339 g/mol. The van der Waals surface area contributed by atoms with Crippen LogP contribution < -0.4 is 16.4 Å². The van der Waals surface area contributed by atoms with Gasteiger partial charge in [0.1, 0.15) is 17.5 Å². The number of pyridine rings is 1. The summed E-state index contributed by atoms with van der Waals surface area (Å²) in [7, 11) is 0. The lowest BCUT2D eigenvalue weighted by atomic mass is 10.1. The third-order valence-corrected chi connectivity index (χ3v) is 4.23. The molecule has 8 nitrogen and oxygen atoms in total. The standard InChI is InChI=1S/C17H17N5O3/c1-11-5-6-16(23)22(20-11)13-10-25-9-12(13)18-14-8-17(24)21-7-3-2-4-15(21)19-14/h2-8,12-13,18H,9-10H2,1H3. The first-order chi connectivity index (χ1) is 12.1. The largest absolute Gasteiger partial charge is 0.377 e. The van der Waals surface area contributed by atoms with Crippen LogP contribution in [0.2, 0.25) is 0 Å². The topological polar surface area (TPSA) is 90.5 Å². The summed E-state index contributed by atoms with van der Waals surface area (Å²) < 4.78 is 8.45. The van der Waals surface area contributed by atoms with E-state index in [1.54, 1.807) is 24.4 Å². The van der Waals surface area contributed by atoms with Crippen molar-refractivity contribution < 1.29 is 4.74 Å². The fourth-order valence-corrected chi connectivity index (χ4v) is 3.00. The summed E-state index contributed by atoms with van der Waals surface area (Å²) in [5, 5.41) is 7.53. The van der Waals surface area contributed by atoms with Gasteiger partial charge in [0.25, 0.3) is 11.1 Å². The zero-order chi connectivity index (χ0) is 17.4. The number of aromatic nitrogens is 4. The Labute approximate surface area is 142 Å². The smallest absolute Gasteiger partial charge is 0.267 e. The molecule has 1 N–H and O–H groups in total. The molecule has 0 amide bonds. The number of anilines is 1. The first-order valence-electron chi connectivity index (χ1n) is 8.01. The third kappa shape index (κ3) is 2.91. The molecule has 3 aromatic heterocycles. The molecule has 0 aromatic carbocycles. The van der Waals surface area contributed by atoms with Crippen molar-refractivity contribution in [1.29, 1.82) is 0 Å². The van der Waals surface area contributed by atoms with Crippen molar-refractivity contribution in [2.45, 2.75) is 19.0 Å². The zero-order valence-corrected chi connectivity index (χ0v) is 13.6. The SMILES string of the molecule is Cc1ccc(=O)n(C2COCC2Nc2cc(=O)n3ccccc3n2)n1. The molecule has 1 fully saturated rings. The highest BCUT2D eigenvalue weighted by molar-refractivity contribution is 5.47. The average molecular weight is 339 g/mol. The van der Waals surface area contributed by atoms with E-state index in [2.05, 4.69) is 15.4 Å². The minimum atomic E-state index is -0.261. The van der Waals surface area contributed by atoms with Crippen LogP contribution in [0.5, 0.6) is 0 Å². The predicted molar refractivity (Wildman–Crippen MR) is 92.0 cm³/mol. The average Bonchev–Trinajstić information content (AvgIpc) is 3.05. The van der Waals surface area contributed by atoms with Crippen LogP contribution in [0.15, 0.2) is 52.2 Å². The van der Waals surface area contributed by atoms with Gasteiger partial charge in [0.15, 0.2) is 0 Å². The molecule has 2 atom stereocenters. The van der Waals surface area contributed by atoms with Crippen LogP contribution in [0.25, 0.3) is 5.65 Å². The second-order valence-electron chi connectivity index (χ2n) is 6.02. The second kappa shape index (κ2) is 6.14. The van der Waals surface area contributed by atoms with Crippen LogP contribution in [0, 0.1) is 6.92 Å². The van der Waals surface area contributed by atoms with Gasteiger partial charge in [-0.05, 0) is 25.1 Å². The normalized spacial score (nSPS) is 20.0. The summed E-state index contributed by atoms with van der Waals surface area (Å²) in [5.41, 5.74) is 0.958. The molecule has 4 rings (SSSR count). The van der Waals surface area contributed by atoms with E-state index in [9.17, 15) is 9.59 Å². The summed E-state index contributed by atoms with van der Waals surface area (Å²) in [6.07, 6.45) is 1.67. The molecule has 0 radical (unpaired) electrons. The van der Waals surface area contributed by atoms with Crippen molar-refractivity contribution in [2.24, 2.45) is 0 Å². The van der Waals surface area contributed by atoms with Gasteiger partial charge < -0.3 is 10.1 Å². The highest BCUT2D eigenvalue weighted by Gasteiger charge is 2.31. The summed E-state index contributed by atoms with van der Waals surface area (Å²) in [4.78, 5) is 28.8. The molecule has 0 saturated carbocycles. The molecule has 1 aliphatic heterocycles. The lowest BCUT2D eigenvalue weighted by Gasteiger charge is -2.21. The van der Waals surface area contributed by atoms with Crippen LogP contribution in [0.4, 0.5) is 5.82 Å². The van der Waals surface area contributed by atoms with Crippen molar-refractivity contribution in [3.05, 3.63) is 69.0 Å². The molecule has 2 unspecified atom stereocenters. The Morgan fingerprint density at radius 3 is 2.92 bits per heavy atom. The molecule has 1 aliphatic rings. The maximum atomic E-state index is 12.2. The molecule has 0 bridgehead atoms.